The fourth-order valence-electron chi connectivity index (χ4n) is 1.93. The van der Waals surface area contributed by atoms with E-state index in [9.17, 15) is 14.4 Å². The molecule has 0 atom stereocenters. The second kappa shape index (κ2) is 5.16. The molecule has 0 unspecified atom stereocenters. The van der Waals surface area contributed by atoms with Gasteiger partial charge >= 0.3 is 5.97 Å². The molecule has 0 aliphatic carbocycles. The van der Waals surface area contributed by atoms with Crippen molar-refractivity contribution in [1.29, 1.82) is 0 Å². The van der Waals surface area contributed by atoms with E-state index in [1.165, 1.54) is 13.0 Å². The molecule has 1 aromatic heterocycles. The van der Waals surface area contributed by atoms with Crippen LogP contribution in [0.5, 0.6) is 5.88 Å². The summed E-state index contributed by atoms with van der Waals surface area (Å²) in [5.74, 6) is -1.64. The molecule has 0 spiro atoms. The average Bonchev–Trinajstić information content (AvgIpc) is 2.38. The largest absolute Gasteiger partial charge is 0.479 e. The highest BCUT2D eigenvalue weighted by molar-refractivity contribution is 6.00. The number of Topliss-reactive ketones (excluding diaryl/α,β-unsaturated/α-hetero) is 1. The number of H-pyrrole nitrogens is 1. The summed E-state index contributed by atoms with van der Waals surface area (Å²) in [4.78, 5) is 37.6. The Morgan fingerprint density at radius 2 is 2.05 bits per heavy atom. The number of pyridine rings is 1. The second-order valence-corrected chi connectivity index (χ2v) is 4.21. The van der Waals surface area contributed by atoms with Crippen LogP contribution in [0.2, 0.25) is 0 Å². The van der Waals surface area contributed by atoms with Gasteiger partial charge in [0.2, 0.25) is 11.3 Å². The van der Waals surface area contributed by atoms with E-state index in [0.717, 1.165) is 0 Å². The van der Waals surface area contributed by atoms with Gasteiger partial charge in [-0.05, 0) is 32.0 Å². The number of carbonyl (C=O) groups excluding carboxylic acids is 1. The summed E-state index contributed by atoms with van der Waals surface area (Å²) in [6.45, 7) is 3.29. The first-order valence-corrected chi connectivity index (χ1v) is 6.02. The minimum Gasteiger partial charge on any atom is -0.479 e. The van der Waals surface area contributed by atoms with Gasteiger partial charge in [-0.25, -0.2) is 4.79 Å². The van der Waals surface area contributed by atoms with Crippen molar-refractivity contribution in [2.24, 2.45) is 0 Å². The zero-order chi connectivity index (χ0) is 14.9. The zero-order valence-electron chi connectivity index (χ0n) is 11.0. The third kappa shape index (κ3) is 2.27. The Morgan fingerprint density at radius 3 is 2.60 bits per heavy atom. The molecule has 0 saturated heterocycles. The maximum absolute atomic E-state index is 12.2. The number of hydrogen-bond donors (Lipinski definition) is 2. The zero-order valence-corrected chi connectivity index (χ0v) is 11.0. The Bertz CT molecular complexity index is 760. The van der Waals surface area contributed by atoms with E-state index in [1.54, 1.807) is 19.1 Å². The van der Waals surface area contributed by atoms with Gasteiger partial charge in [0.05, 0.1) is 12.1 Å². The van der Waals surface area contributed by atoms with Gasteiger partial charge in [0, 0.05) is 10.9 Å². The molecule has 1 aromatic carbocycles. The van der Waals surface area contributed by atoms with Gasteiger partial charge in [0.1, 0.15) is 0 Å². The number of carboxylic acid groups (broad SMARTS) is 1. The third-order valence-electron chi connectivity index (χ3n) is 2.88. The lowest BCUT2D eigenvalue weighted by Crippen LogP contribution is -2.18. The first-order valence-electron chi connectivity index (χ1n) is 6.02. The fraction of sp³-hybridized carbons (Fsp3) is 0.214. The third-order valence-corrected chi connectivity index (χ3v) is 2.88. The Balaban J connectivity index is 2.83. The lowest BCUT2D eigenvalue weighted by Gasteiger charge is -2.09. The lowest BCUT2D eigenvalue weighted by molar-refractivity contribution is 0.0690. The minimum atomic E-state index is -1.37. The van der Waals surface area contributed by atoms with Crippen LogP contribution < -0.4 is 10.2 Å². The van der Waals surface area contributed by atoms with Crippen LogP contribution in [0.25, 0.3) is 10.9 Å². The molecule has 20 heavy (non-hydrogen) atoms. The minimum absolute atomic E-state index is 0.0759. The number of ketones is 1. The summed E-state index contributed by atoms with van der Waals surface area (Å²) in [6, 6.07) is 4.51. The number of fused-ring (bicyclic) bond motifs is 1. The number of rotatable bonds is 4. The van der Waals surface area contributed by atoms with E-state index in [4.69, 9.17) is 9.84 Å². The van der Waals surface area contributed by atoms with Crippen LogP contribution in [0.1, 0.15) is 34.6 Å². The number of nitrogens with one attached hydrogen (secondary N) is 1. The van der Waals surface area contributed by atoms with Gasteiger partial charge in [0.25, 0.3) is 0 Å². The van der Waals surface area contributed by atoms with Crippen molar-refractivity contribution in [3.05, 3.63) is 39.5 Å². The first kappa shape index (κ1) is 13.8. The molecular formula is C14H13NO5. The summed E-state index contributed by atoms with van der Waals surface area (Å²) in [5.41, 5.74) is -0.352. The molecule has 0 aliphatic heterocycles. The van der Waals surface area contributed by atoms with Crippen molar-refractivity contribution < 1.29 is 19.4 Å². The Kier molecular flexibility index (Phi) is 3.56. The van der Waals surface area contributed by atoms with E-state index in [2.05, 4.69) is 4.98 Å². The van der Waals surface area contributed by atoms with Crippen molar-refractivity contribution in [2.75, 3.05) is 6.61 Å². The molecule has 1 heterocycles. The average molecular weight is 275 g/mol. The maximum atomic E-state index is 12.2. The number of aromatic amines is 1. The van der Waals surface area contributed by atoms with Crippen molar-refractivity contribution >= 4 is 22.7 Å². The van der Waals surface area contributed by atoms with Gasteiger partial charge in [-0.3, -0.25) is 9.59 Å². The highest BCUT2D eigenvalue weighted by atomic mass is 16.5. The van der Waals surface area contributed by atoms with Gasteiger partial charge in [-0.15, -0.1) is 0 Å². The van der Waals surface area contributed by atoms with Gasteiger partial charge in [-0.1, -0.05) is 0 Å². The highest BCUT2D eigenvalue weighted by Crippen LogP contribution is 2.19. The molecule has 0 aliphatic rings. The molecule has 0 saturated carbocycles. The van der Waals surface area contributed by atoms with Crippen LogP contribution in [0.4, 0.5) is 0 Å². The van der Waals surface area contributed by atoms with Crippen molar-refractivity contribution in [2.45, 2.75) is 13.8 Å². The molecule has 104 valence electrons. The topological polar surface area (TPSA) is 96.5 Å². The van der Waals surface area contributed by atoms with Crippen molar-refractivity contribution in [3.63, 3.8) is 0 Å². The van der Waals surface area contributed by atoms with Crippen LogP contribution in [-0.4, -0.2) is 28.4 Å². The molecule has 0 radical (unpaired) electrons. The van der Waals surface area contributed by atoms with E-state index >= 15 is 0 Å². The predicted molar refractivity (Wildman–Crippen MR) is 72.7 cm³/mol. The van der Waals surface area contributed by atoms with Crippen LogP contribution >= 0.6 is 0 Å². The molecule has 0 fully saturated rings. The monoisotopic (exact) mass is 275 g/mol. The van der Waals surface area contributed by atoms with Gasteiger partial charge < -0.3 is 14.8 Å². The second-order valence-electron chi connectivity index (χ2n) is 4.21. The number of aromatic carboxylic acids is 1. The van der Waals surface area contributed by atoms with E-state index in [1.807, 2.05) is 0 Å². The molecule has 6 heteroatoms. The molecular weight excluding hydrogens is 262 g/mol. The fourth-order valence-corrected chi connectivity index (χ4v) is 1.93. The molecule has 0 amide bonds. The molecule has 2 rings (SSSR count). The molecule has 6 nitrogen and oxygen atoms in total. The highest BCUT2D eigenvalue weighted by Gasteiger charge is 2.20. The van der Waals surface area contributed by atoms with Crippen LogP contribution in [0.3, 0.4) is 0 Å². The molecule has 0 bridgehead atoms. The van der Waals surface area contributed by atoms with E-state index in [0.29, 0.717) is 11.1 Å². The van der Waals surface area contributed by atoms with Crippen LogP contribution in [-0.2, 0) is 0 Å². The van der Waals surface area contributed by atoms with Gasteiger partial charge in [0.15, 0.2) is 11.3 Å². The quantitative estimate of drug-likeness (QED) is 0.830. The first-order chi connectivity index (χ1) is 9.45. The normalized spacial score (nSPS) is 10.5. The summed E-state index contributed by atoms with van der Waals surface area (Å²) < 4.78 is 5.16. The van der Waals surface area contributed by atoms with E-state index in [-0.39, 0.29) is 23.7 Å². The Hall–Kier alpha value is -2.63. The van der Waals surface area contributed by atoms with Crippen LogP contribution in [0, 0.1) is 0 Å². The number of benzene rings is 1. The lowest BCUT2D eigenvalue weighted by atomic mass is 10.1. The van der Waals surface area contributed by atoms with Gasteiger partial charge in [-0.2, -0.15) is 0 Å². The van der Waals surface area contributed by atoms with Crippen molar-refractivity contribution in [3.8, 4) is 5.88 Å². The number of ether oxygens (including phenoxy) is 1. The summed E-state index contributed by atoms with van der Waals surface area (Å²) in [5, 5.41) is 9.30. The smallest absolute Gasteiger partial charge is 0.345 e. The SMILES string of the molecule is CCOc1[nH]c2ccc(C(C)=O)cc2c(=O)c1C(=O)O. The van der Waals surface area contributed by atoms with E-state index < -0.39 is 17.0 Å². The molecule has 2 N–H and O–H groups in total. The number of carboxylic acids is 1. The Morgan fingerprint density at radius 1 is 1.35 bits per heavy atom. The molecule has 2 aromatic rings. The van der Waals surface area contributed by atoms with Crippen LogP contribution in [0.15, 0.2) is 23.0 Å². The standard InChI is InChI=1S/C14H13NO5/c1-3-20-13-11(14(18)19)12(17)9-6-8(7(2)16)4-5-10(9)15-13/h4-6H,3H2,1-2H3,(H,15,17)(H,18,19). The summed E-state index contributed by atoms with van der Waals surface area (Å²) in [7, 11) is 0. The number of hydrogen-bond acceptors (Lipinski definition) is 4. The summed E-state index contributed by atoms with van der Waals surface area (Å²) in [6.07, 6.45) is 0. The number of carbonyl (C=O) groups is 2. The summed E-state index contributed by atoms with van der Waals surface area (Å²) >= 11 is 0. The number of aromatic nitrogens is 1. The maximum Gasteiger partial charge on any atom is 0.345 e. The predicted octanol–water partition coefficient (Wildman–Crippen LogP) is 1.83. The Labute approximate surface area is 114 Å². The van der Waals surface area contributed by atoms with Crippen molar-refractivity contribution in [1.82, 2.24) is 4.98 Å².